The maximum atomic E-state index is 11.8. The molecule has 378 valence electrons. The first-order valence-electron chi connectivity index (χ1n) is 23.8. The molecule has 0 bridgehead atoms. The van der Waals surface area contributed by atoms with Crippen LogP contribution in [0.3, 0.4) is 0 Å². The van der Waals surface area contributed by atoms with E-state index in [1.165, 1.54) is 14.2 Å². The quantitative estimate of drug-likeness (QED) is 0.207. The molecule has 7 heterocycles. The van der Waals surface area contributed by atoms with Crippen LogP contribution in [0, 0.1) is 29.6 Å². The molecule has 1 spiro atoms. The van der Waals surface area contributed by atoms with Crippen LogP contribution in [-0.2, 0) is 61.6 Å². The number of methoxy groups -OCH3 is 4. The van der Waals surface area contributed by atoms with Crippen molar-refractivity contribution in [1.82, 2.24) is 6.15 Å². The summed E-state index contributed by atoms with van der Waals surface area (Å²) in [6.07, 6.45) is -3.46. The van der Waals surface area contributed by atoms with Gasteiger partial charge >= 0.3 is 0 Å². The maximum absolute atomic E-state index is 11.8. The second-order valence-corrected chi connectivity index (χ2v) is 21.3. The molecule has 7 aliphatic heterocycles. The molecule has 0 saturated carbocycles. The minimum Gasteiger partial charge on any atom is -0.550 e. The van der Waals surface area contributed by atoms with E-state index in [1.807, 2.05) is 34.6 Å². The van der Waals surface area contributed by atoms with Crippen molar-refractivity contribution in [1.29, 1.82) is 0 Å². The van der Waals surface area contributed by atoms with Gasteiger partial charge in [-0.05, 0) is 59.3 Å². The third-order valence-corrected chi connectivity index (χ3v) is 16.8. The lowest BCUT2D eigenvalue weighted by Gasteiger charge is -2.54. The molecule has 18 heteroatoms. The number of aliphatic hydroxyl groups is 3. The highest BCUT2D eigenvalue weighted by molar-refractivity contribution is 5.65. The summed E-state index contributed by atoms with van der Waals surface area (Å²) in [6, 6.07) is 0. The van der Waals surface area contributed by atoms with Crippen LogP contribution in [0.15, 0.2) is 0 Å². The van der Waals surface area contributed by atoms with Gasteiger partial charge in [-0.15, -0.1) is 0 Å². The topological polar surface area (TPSA) is 248 Å². The molecule has 0 radical (unpaired) electrons. The van der Waals surface area contributed by atoms with Gasteiger partial charge in [0.2, 0.25) is 0 Å². The number of hydrogen-bond acceptors (Lipinski definition) is 17. The summed E-state index contributed by atoms with van der Waals surface area (Å²) in [5, 5.41) is 46.4. The Kier molecular flexibility index (Phi) is 16.3. The first-order chi connectivity index (χ1) is 30.0. The summed E-state index contributed by atoms with van der Waals surface area (Å²) in [7, 11) is 6.34. The number of rotatable bonds is 13. The van der Waals surface area contributed by atoms with Gasteiger partial charge in [-0.25, -0.2) is 0 Å². The second-order valence-electron chi connectivity index (χ2n) is 21.3. The predicted molar refractivity (Wildman–Crippen MR) is 231 cm³/mol. The molecule has 7 fully saturated rings. The molecule has 0 aliphatic carbocycles. The van der Waals surface area contributed by atoms with Gasteiger partial charge in [-0.3, -0.25) is 0 Å². The largest absolute Gasteiger partial charge is 0.550 e. The summed E-state index contributed by atoms with van der Waals surface area (Å²) >= 11 is 0. The highest BCUT2D eigenvalue weighted by Gasteiger charge is 2.63. The van der Waals surface area contributed by atoms with Crippen LogP contribution in [0.25, 0.3) is 0 Å². The molecule has 7 saturated heterocycles. The Bertz CT molecular complexity index is 1610. The molecular weight excluding hydrogens is 851 g/mol. The van der Waals surface area contributed by atoms with E-state index < -0.39 is 102 Å². The average molecular weight is 934 g/mol. The Balaban J connectivity index is 0.00000700. The highest BCUT2D eigenvalue weighted by atomic mass is 16.7. The van der Waals surface area contributed by atoms with E-state index >= 15 is 0 Å². The van der Waals surface area contributed by atoms with Crippen molar-refractivity contribution in [3.63, 3.8) is 0 Å². The first-order valence-corrected chi connectivity index (χ1v) is 23.8. The number of ether oxygens (including phenoxy) is 12. The van der Waals surface area contributed by atoms with Crippen molar-refractivity contribution >= 4 is 5.97 Å². The van der Waals surface area contributed by atoms with Crippen LogP contribution in [0.4, 0.5) is 0 Å². The molecule has 0 amide bonds. The van der Waals surface area contributed by atoms with Crippen LogP contribution in [0.2, 0.25) is 0 Å². The number of quaternary nitrogens is 1. The van der Waals surface area contributed by atoms with Crippen molar-refractivity contribution in [2.24, 2.45) is 29.6 Å². The maximum Gasteiger partial charge on any atom is 0.176 e. The van der Waals surface area contributed by atoms with Gasteiger partial charge < -0.3 is 88.2 Å². The molecule has 7 N–H and O–H groups in total. The molecule has 7 aliphatic rings. The van der Waals surface area contributed by atoms with Gasteiger partial charge in [0.1, 0.15) is 18.3 Å². The zero-order chi connectivity index (χ0) is 46.9. The third-order valence-electron chi connectivity index (χ3n) is 16.8. The number of carboxylic acid groups (broad SMARTS) is 1. The lowest BCUT2D eigenvalue weighted by Crippen LogP contribution is -2.66. The molecule has 24 atom stereocenters. The summed E-state index contributed by atoms with van der Waals surface area (Å²) in [5.41, 5.74) is -1.61. The van der Waals surface area contributed by atoms with E-state index in [1.54, 1.807) is 28.1 Å². The minimum absolute atomic E-state index is 0. The van der Waals surface area contributed by atoms with Crippen LogP contribution in [0.1, 0.15) is 120 Å². The Hall–Kier alpha value is -1.17. The molecule has 0 aromatic carbocycles. The fourth-order valence-corrected chi connectivity index (χ4v) is 12.7. The van der Waals surface area contributed by atoms with E-state index in [0.717, 1.165) is 6.42 Å². The number of carboxylic acids is 1. The Labute approximate surface area is 385 Å². The first kappa shape index (κ1) is 53.2. The summed E-state index contributed by atoms with van der Waals surface area (Å²) in [6.45, 7) is 17.4. The SMILES string of the molecule is COC1CC(OC2CC(C3O[C@](C)(O)C(C)CC3C)OC2[C@]2(C)CCC([C@]3(C)CC[C@]4(CC(O)C(C)C(C(C)C5O[C@](O)(CC(=O)[O-])C(C)C(OC)C5OC)O4)O3)O2)OC(C)C1OC.[NH4+]. The fourth-order valence-electron chi connectivity index (χ4n) is 12.7. The minimum atomic E-state index is -2.09. The van der Waals surface area contributed by atoms with Gasteiger partial charge in [0.15, 0.2) is 23.7 Å². The van der Waals surface area contributed by atoms with Crippen LogP contribution in [0.5, 0.6) is 0 Å². The van der Waals surface area contributed by atoms with E-state index in [4.69, 9.17) is 56.8 Å². The van der Waals surface area contributed by atoms with Gasteiger partial charge in [-0.2, -0.15) is 0 Å². The molecule has 7 rings (SSSR count). The number of hydrogen-bond donors (Lipinski definition) is 4. The van der Waals surface area contributed by atoms with Gasteiger partial charge in [0, 0.05) is 90.2 Å². The number of carbonyl (C=O) groups excluding carboxylic acids is 1. The molecule has 18 nitrogen and oxygen atoms in total. The Morgan fingerprint density at radius 2 is 1.46 bits per heavy atom. The summed E-state index contributed by atoms with van der Waals surface area (Å²) < 4.78 is 77.5. The van der Waals surface area contributed by atoms with E-state index in [-0.39, 0.29) is 66.9 Å². The average Bonchev–Trinajstić information content (AvgIpc) is 3.94. The molecular formula is C47H83NO17. The lowest BCUT2D eigenvalue weighted by molar-refractivity contribution is -0.373. The second kappa shape index (κ2) is 19.9. The smallest absolute Gasteiger partial charge is 0.176 e. The van der Waals surface area contributed by atoms with Gasteiger partial charge in [0.05, 0.1) is 72.2 Å². The van der Waals surface area contributed by atoms with Crippen LogP contribution >= 0.6 is 0 Å². The van der Waals surface area contributed by atoms with E-state index in [2.05, 4.69) is 13.8 Å². The Morgan fingerprint density at radius 1 is 0.785 bits per heavy atom. The van der Waals surface area contributed by atoms with Crippen molar-refractivity contribution in [2.75, 3.05) is 28.4 Å². The fraction of sp³-hybridized carbons (Fsp3) is 0.979. The lowest BCUT2D eigenvalue weighted by atomic mass is 9.75. The number of aliphatic carboxylic acids is 1. The van der Waals surface area contributed by atoms with Crippen LogP contribution in [-0.4, -0.2) is 164 Å². The summed E-state index contributed by atoms with van der Waals surface area (Å²) in [4.78, 5) is 11.8. The van der Waals surface area contributed by atoms with Crippen molar-refractivity contribution in [2.45, 2.75) is 234 Å². The third kappa shape index (κ3) is 10.1. The number of carbonyl (C=O) groups is 1. The van der Waals surface area contributed by atoms with Crippen LogP contribution < -0.4 is 11.3 Å². The highest BCUT2D eigenvalue weighted by Crippen LogP contribution is 2.55. The van der Waals surface area contributed by atoms with Crippen molar-refractivity contribution in [3.05, 3.63) is 0 Å². The molecule has 65 heavy (non-hydrogen) atoms. The van der Waals surface area contributed by atoms with E-state index in [9.17, 15) is 25.2 Å². The van der Waals surface area contributed by atoms with Gasteiger partial charge in [-0.1, -0.05) is 34.6 Å². The summed E-state index contributed by atoms with van der Waals surface area (Å²) in [5.74, 6) is -7.58. The van der Waals surface area contributed by atoms with E-state index in [0.29, 0.717) is 38.5 Å². The zero-order valence-corrected chi connectivity index (χ0v) is 41.4. The Morgan fingerprint density at radius 3 is 2.09 bits per heavy atom. The standard InChI is InChI=1S/C47H80O17.H3N/c1-23-18-24(2)45(9,51)61-36(23)31-19-32(58-35-20-30(53-10)40(55-12)28(6)57-35)42(59-31)44(8)15-14-33(60-44)43(7)16-17-46(64-43)21-29(48)25(3)37(62-46)26(4)38-41(56-13)39(54-11)27(5)47(52,63-38)22-34(49)50;/h23-33,35-42,48,51-52H,14-22H2,1-13H3,(H,49,50);1H3/t23?,24?,25?,26?,27?,28?,29?,30?,31?,32?,33?,35?,36?,37?,38?,39?,40?,41?,42?,43-,44-,45-,46+,47+;/m0./s1. The predicted octanol–water partition coefficient (Wildman–Crippen LogP) is 3.36. The number of aliphatic hydroxyl groups excluding tert-OH is 1. The normalized spacial score (nSPS) is 53.2. The molecule has 0 aromatic heterocycles. The van der Waals surface area contributed by atoms with Gasteiger partial charge in [0.25, 0.3) is 0 Å². The molecule has 19 unspecified atom stereocenters. The van der Waals surface area contributed by atoms with Crippen molar-refractivity contribution < 1.29 is 82.1 Å². The molecule has 0 aromatic rings. The van der Waals surface area contributed by atoms with Crippen molar-refractivity contribution in [3.8, 4) is 0 Å². The zero-order valence-electron chi connectivity index (χ0n) is 41.4. The monoisotopic (exact) mass is 934 g/mol.